The summed E-state index contributed by atoms with van der Waals surface area (Å²) in [4.78, 5) is 8.12. The lowest BCUT2D eigenvalue weighted by molar-refractivity contribution is 0.575. The van der Waals surface area contributed by atoms with Crippen molar-refractivity contribution in [2.45, 2.75) is 42.9 Å². The predicted octanol–water partition coefficient (Wildman–Crippen LogP) is 1.76. The molecule has 1 aliphatic rings. The fourth-order valence-electron chi connectivity index (χ4n) is 2.07. The van der Waals surface area contributed by atoms with E-state index in [0.29, 0.717) is 12.3 Å². The lowest BCUT2D eigenvalue weighted by Crippen LogP contribution is -2.21. The third-order valence-corrected chi connectivity index (χ3v) is 5.55. The van der Waals surface area contributed by atoms with E-state index in [1.54, 1.807) is 6.92 Å². The van der Waals surface area contributed by atoms with Crippen molar-refractivity contribution in [2.24, 2.45) is 0 Å². The van der Waals surface area contributed by atoms with Crippen LogP contribution in [0.25, 0.3) is 0 Å². The summed E-state index contributed by atoms with van der Waals surface area (Å²) in [6, 6.07) is 0. The predicted molar refractivity (Wildman–Crippen MR) is 66.0 cm³/mol. The monoisotopic (exact) mass is 274 g/mol. The Hall–Kier alpha value is -0.680. The van der Waals surface area contributed by atoms with Crippen LogP contribution < -0.4 is 0 Å². The highest BCUT2D eigenvalue weighted by molar-refractivity contribution is 7.92. The summed E-state index contributed by atoms with van der Waals surface area (Å²) in [5.41, 5.74) is 1.70. The molecular formula is C11H15ClN2O2S. The quantitative estimate of drug-likeness (QED) is 0.620. The topological polar surface area (TPSA) is 59.9 Å². The molecule has 2 rings (SSSR count). The summed E-state index contributed by atoms with van der Waals surface area (Å²) in [5, 5.41) is -0.266. The van der Waals surface area contributed by atoms with E-state index in [0.717, 1.165) is 30.5 Å². The smallest absolute Gasteiger partial charge is 0.198 e. The normalized spacial score (nSPS) is 16.8. The molecule has 1 aromatic rings. The van der Waals surface area contributed by atoms with E-state index < -0.39 is 15.1 Å². The zero-order valence-corrected chi connectivity index (χ0v) is 11.3. The Morgan fingerprint density at radius 1 is 1.41 bits per heavy atom. The van der Waals surface area contributed by atoms with Crippen LogP contribution in [0, 0.1) is 0 Å². The molecule has 0 radical (unpaired) electrons. The van der Waals surface area contributed by atoms with E-state index in [-0.39, 0.29) is 5.03 Å². The van der Waals surface area contributed by atoms with Gasteiger partial charge in [0.15, 0.2) is 14.9 Å². The second-order valence-electron chi connectivity index (χ2n) is 4.29. The zero-order chi connectivity index (χ0) is 12.5. The highest BCUT2D eigenvalue weighted by Crippen LogP contribution is 2.27. The van der Waals surface area contributed by atoms with Gasteiger partial charge < -0.3 is 0 Å². The van der Waals surface area contributed by atoms with Gasteiger partial charge in [0.05, 0.1) is 5.25 Å². The van der Waals surface area contributed by atoms with Gasteiger partial charge in [-0.05, 0) is 32.6 Å². The zero-order valence-electron chi connectivity index (χ0n) is 9.69. The lowest BCUT2D eigenvalue weighted by atomic mass is 10.3. The van der Waals surface area contributed by atoms with Crippen molar-refractivity contribution in [2.75, 3.05) is 5.88 Å². The number of rotatable bonds is 4. The minimum atomic E-state index is -3.36. The Labute approximate surface area is 106 Å². The maximum atomic E-state index is 12.3. The van der Waals surface area contributed by atoms with Crippen molar-refractivity contribution in [3.8, 4) is 0 Å². The van der Waals surface area contributed by atoms with E-state index in [2.05, 4.69) is 9.97 Å². The molecule has 0 spiro atoms. The van der Waals surface area contributed by atoms with Crippen LogP contribution in [0.15, 0.2) is 11.4 Å². The highest BCUT2D eigenvalue weighted by Gasteiger charge is 2.30. The van der Waals surface area contributed by atoms with Gasteiger partial charge in [0, 0.05) is 17.1 Å². The Kier molecular flexibility index (Phi) is 3.68. The van der Waals surface area contributed by atoms with Crippen molar-refractivity contribution in [3.63, 3.8) is 0 Å². The number of sulfone groups is 1. The molecule has 0 fully saturated rings. The first-order chi connectivity index (χ1) is 8.07. The third kappa shape index (κ3) is 2.31. The molecule has 1 atom stereocenters. The molecular weight excluding hydrogens is 260 g/mol. The number of nitrogens with zero attached hydrogens (tertiary/aromatic N) is 2. The van der Waals surface area contributed by atoms with Gasteiger partial charge in [-0.15, -0.1) is 11.6 Å². The van der Waals surface area contributed by atoms with Crippen LogP contribution in [0.3, 0.4) is 0 Å². The maximum absolute atomic E-state index is 12.3. The standard InChI is InChI=1S/C11H15ClN2O2S/c1-8(5-6-12)17(15,16)11-9-3-2-4-10(9)13-7-14-11/h7-8H,2-6H2,1H3. The Morgan fingerprint density at radius 3 is 2.88 bits per heavy atom. The largest absolute Gasteiger partial charge is 0.241 e. The van der Waals surface area contributed by atoms with E-state index in [9.17, 15) is 8.42 Å². The molecule has 1 heterocycles. The van der Waals surface area contributed by atoms with Gasteiger partial charge in [-0.25, -0.2) is 18.4 Å². The van der Waals surface area contributed by atoms with E-state index in [1.807, 2.05) is 0 Å². The van der Waals surface area contributed by atoms with Crippen molar-refractivity contribution < 1.29 is 8.42 Å². The molecule has 1 aromatic heterocycles. The summed E-state index contributed by atoms with van der Waals surface area (Å²) in [6.45, 7) is 1.68. The molecule has 17 heavy (non-hydrogen) atoms. The summed E-state index contributed by atoms with van der Waals surface area (Å²) >= 11 is 5.61. The molecule has 0 N–H and O–H groups in total. The van der Waals surface area contributed by atoms with Gasteiger partial charge in [0.25, 0.3) is 0 Å². The van der Waals surface area contributed by atoms with E-state index in [1.165, 1.54) is 6.33 Å². The first-order valence-electron chi connectivity index (χ1n) is 5.70. The van der Waals surface area contributed by atoms with Gasteiger partial charge in [-0.1, -0.05) is 0 Å². The first kappa shape index (κ1) is 12.8. The number of alkyl halides is 1. The van der Waals surface area contributed by atoms with Crippen molar-refractivity contribution in [1.29, 1.82) is 0 Å². The third-order valence-electron chi connectivity index (χ3n) is 3.15. The molecule has 6 heteroatoms. The van der Waals surface area contributed by atoms with Crippen LogP contribution in [-0.4, -0.2) is 29.5 Å². The second kappa shape index (κ2) is 4.90. The summed E-state index contributed by atoms with van der Waals surface area (Å²) < 4.78 is 24.7. The Balaban J connectivity index is 2.44. The fourth-order valence-corrected chi connectivity index (χ4v) is 4.10. The minimum Gasteiger partial charge on any atom is -0.241 e. The summed E-state index contributed by atoms with van der Waals surface area (Å²) in [6.07, 6.45) is 4.37. The molecule has 0 amide bonds. The molecule has 0 aromatic carbocycles. The van der Waals surface area contributed by atoms with Gasteiger partial charge >= 0.3 is 0 Å². The second-order valence-corrected chi connectivity index (χ2v) is 6.95. The molecule has 1 aliphatic carbocycles. The van der Waals surface area contributed by atoms with E-state index in [4.69, 9.17) is 11.6 Å². The number of hydrogen-bond donors (Lipinski definition) is 0. The van der Waals surface area contributed by atoms with Crippen LogP contribution in [-0.2, 0) is 22.7 Å². The summed E-state index contributed by atoms with van der Waals surface area (Å²) in [5.74, 6) is 0.341. The minimum absolute atomic E-state index is 0.220. The van der Waals surface area contributed by atoms with Gasteiger partial charge in [0.2, 0.25) is 0 Å². The Morgan fingerprint density at radius 2 is 2.18 bits per heavy atom. The SMILES string of the molecule is CC(CCCl)S(=O)(=O)c1ncnc2c1CCC2. The highest BCUT2D eigenvalue weighted by atomic mass is 35.5. The van der Waals surface area contributed by atoms with Crippen molar-refractivity contribution >= 4 is 21.4 Å². The maximum Gasteiger partial charge on any atom is 0.198 e. The summed E-state index contributed by atoms with van der Waals surface area (Å²) in [7, 11) is -3.36. The fraction of sp³-hybridized carbons (Fsp3) is 0.636. The van der Waals surface area contributed by atoms with E-state index >= 15 is 0 Å². The molecule has 0 aliphatic heterocycles. The molecule has 4 nitrogen and oxygen atoms in total. The number of aromatic nitrogens is 2. The number of hydrogen-bond acceptors (Lipinski definition) is 4. The number of halogens is 1. The van der Waals surface area contributed by atoms with Gasteiger partial charge in [0.1, 0.15) is 6.33 Å². The van der Waals surface area contributed by atoms with Crippen LogP contribution in [0.5, 0.6) is 0 Å². The van der Waals surface area contributed by atoms with Crippen molar-refractivity contribution in [1.82, 2.24) is 9.97 Å². The van der Waals surface area contributed by atoms with Crippen LogP contribution in [0.1, 0.15) is 31.0 Å². The molecule has 0 saturated carbocycles. The van der Waals surface area contributed by atoms with Gasteiger partial charge in [-0.2, -0.15) is 0 Å². The average Bonchev–Trinajstić information content (AvgIpc) is 2.76. The average molecular weight is 275 g/mol. The Bertz CT molecular complexity index is 516. The van der Waals surface area contributed by atoms with Crippen LogP contribution in [0.2, 0.25) is 0 Å². The van der Waals surface area contributed by atoms with Crippen molar-refractivity contribution in [3.05, 3.63) is 17.6 Å². The molecule has 0 bridgehead atoms. The molecule has 94 valence electrons. The lowest BCUT2D eigenvalue weighted by Gasteiger charge is -2.13. The molecule has 0 saturated heterocycles. The first-order valence-corrected chi connectivity index (χ1v) is 7.78. The van der Waals surface area contributed by atoms with Crippen LogP contribution >= 0.6 is 11.6 Å². The number of aryl methyl sites for hydroxylation is 1. The molecule has 1 unspecified atom stereocenters. The van der Waals surface area contributed by atoms with Crippen LogP contribution in [0.4, 0.5) is 0 Å². The van der Waals surface area contributed by atoms with Gasteiger partial charge in [-0.3, -0.25) is 0 Å². The number of fused-ring (bicyclic) bond motifs is 1.